The fraction of sp³-hybridized carbons (Fsp3) is 0.0800. The van der Waals surface area contributed by atoms with Crippen molar-refractivity contribution in [3.63, 3.8) is 0 Å². The molecule has 10 heteroatoms. The standard InChI is InChI=1S/C25H19ClN6O2S/c26-20-9-5-4-8-19(20)23-30-31-25(32(23)18-6-2-1-3-7-18)35-16-22-29-21(15-34-22)24(33)28-14-17-10-12-27-13-11-17/h1-13,15H,14,16H2,(H,28,33). The van der Waals surface area contributed by atoms with Gasteiger partial charge in [-0.2, -0.15) is 0 Å². The van der Waals surface area contributed by atoms with E-state index in [1.807, 2.05) is 71.3 Å². The summed E-state index contributed by atoms with van der Waals surface area (Å²) >= 11 is 7.85. The Morgan fingerprint density at radius 1 is 1.00 bits per heavy atom. The molecule has 0 bridgehead atoms. The summed E-state index contributed by atoms with van der Waals surface area (Å²) in [7, 11) is 0. The summed E-state index contributed by atoms with van der Waals surface area (Å²) in [5.41, 5.74) is 2.85. The van der Waals surface area contributed by atoms with Crippen LogP contribution in [0.15, 0.2) is 95.0 Å². The highest BCUT2D eigenvalue weighted by molar-refractivity contribution is 7.98. The molecular weight excluding hydrogens is 484 g/mol. The molecule has 0 aliphatic carbocycles. The van der Waals surface area contributed by atoms with Crippen LogP contribution in [0.4, 0.5) is 0 Å². The Bertz CT molecular complexity index is 1440. The van der Waals surface area contributed by atoms with Gasteiger partial charge in [0, 0.05) is 30.2 Å². The summed E-state index contributed by atoms with van der Waals surface area (Å²) in [6, 6.07) is 21.0. The van der Waals surface area contributed by atoms with Gasteiger partial charge in [0.2, 0.25) is 5.89 Å². The molecule has 3 aromatic heterocycles. The van der Waals surface area contributed by atoms with Crippen molar-refractivity contribution in [3.8, 4) is 17.1 Å². The number of hydrogen-bond donors (Lipinski definition) is 1. The first-order valence-corrected chi connectivity index (χ1v) is 12.1. The normalized spacial score (nSPS) is 10.9. The molecule has 5 rings (SSSR count). The third-order valence-corrected chi connectivity index (χ3v) is 6.32. The Hall–Kier alpha value is -3.95. The van der Waals surface area contributed by atoms with E-state index in [0.29, 0.717) is 34.2 Å². The summed E-state index contributed by atoms with van der Waals surface area (Å²) < 4.78 is 7.48. The third kappa shape index (κ3) is 5.26. The van der Waals surface area contributed by atoms with E-state index in [9.17, 15) is 4.79 Å². The van der Waals surface area contributed by atoms with Crippen molar-refractivity contribution in [3.05, 3.63) is 108 Å². The molecule has 8 nitrogen and oxygen atoms in total. The molecule has 0 atom stereocenters. The number of carbonyl (C=O) groups is 1. The maximum absolute atomic E-state index is 12.4. The summed E-state index contributed by atoms with van der Waals surface area (Å²) in [4.78, 5) is 20.7. The van der Waals surface area contributed by atoms with Gasteiger partial charge in [0.15, 0.2) is 16.7 Å². The monoisotopic (exact) mass is 502 g/mol. The smallest absolute Gasteiger partial charge is 0.273 e. The van der Waals surface area contributed by atoms with Crippen LogP contribution in [0.5, 0.6) is 0 Å². The van der Waals surface area contributed by atoms with Crippen molar-refractivity contribution in [1.82, 2.24) is 30.0 Å². The molecule has 0 aliphatic heterocycles. The number of carbonyl (C=O) groups excluding carboxylic acids is 1. The predicted molar refractivity (Wildman–Crippen MR) is 133 cm³/mol. The lowest BCUT2D eigenvalue weighted by Crippen LogP contribution is -2.23. The average Bonchev–Trinajstić information content (AvgIpc) is 3.55. The molecule has 0 fully saturated rings. The van der Waals surface area contributed by atoms with Gasteiger partial charge in [0.05, 0.1) is 10.8 Å². The van der Waals surface area contributed by atoms with E-state index in [1.165, 1.54) is 18.0 Å². The van der Waals surface area contributed by atoms with Crippen LogP contribution in [0.1, 0.15) is 21.9 Å². The number of oxazole rings is 1. The quantitative estimate of drug-likeness (QED) is 0.291. The lowest BCUT2D eigenvalue weighted by molar-refractivity contribution is 0.0946. The molecule has 1 N–H and O–H groups in total. The molecular formula is C25H19ClN6O2S. The van der Waals surface area contributed by atoms with Crippen LogP contribution in [-0.4, -0.2) is 30.6 Å². The van der Waals surface area contributed by atoms with E-state index < -0.39 is 0 Å². The number of thioether (sulfide) groups is 1. The zero-order chi connectivity index (χ0) is 24.0. The fourth-order valence-corrected chi connectivity index (χ4v) is 4.40. The number of halogens is 1. The number of rotatable bonds is 8. The van der Waals surface area contributed by atoms with Gasteiger partial charge in [-0.05, 0) is 42.0 Å². The summed E-state index contributed by atoms with van der Waals surface area (Å²) in [5, 5.41) is 12.9. The fourth-order valence-electron chi connectivity index (χ4n) is 3.37. The van der Waals surface area contributed by atoms with Crippen molar-refractivity contribution in [2.45, 2.75) is 17.5 Å². The Labute approximate surface area is 210 Å². The van der Waals surface area contributed by atoms with Gasteiger partial charge in [-0.3, -0.25) is 14.3 Å². The Morgan fingerprint density at radius 2 is 1.77 bits per heavy atom. The van der Waals surface area contributed by atoms with Gasteiger partial charge in [-0.1, -0.05) is 53.7 Å². The van der Waals surface area contributed by atoms with Crippen LogP contribution >= 0.6 is 23.4 Å². The highest BCUT2D eigenvalue weighted by Crippen LogP contribution is 2.32. The molecule has 0 saturated carbocycles. The molecule has 0 aliphatic rings. The van der Waals surface area contributed by atoms with Crippen LogP contribution in [0, 0.1) is 0 Å². The number of benzene rings is 2. The van der Waals surface area contributed by atoms with Crippen molar-refractivity contribution < 1.29 is 9.21 Å². The van der Waals surface area contributed by atoms with Crippen molar-refractivity contribution in [1.29, 1.82) is 0 Å². The van der Waals surface area contributed by atoms with Gasteiger partial charge in [-0.15, -0.1) is 10.2 Å². The second-order valence-electron chi connectivity index (χ2n) is 7.41. The maximum Gasteiger partial charge on any atom is 0.273 e. The van der Waals surface area contributed by atoms with Crippen molar-refractivity contribution >= 4 is 29.3 Å². The number of nitrogens with one attached hydrogen (secondary N) is 1. The second-order valence-corrected chi connectivity index (χ2v) is 8.76. The minimum Gasteiger partial charge on any atom is -0.447 e. The summed E-state index contributed by atoms with van der Waals surface area (Å²) in [6.07, 6.45) is 4.71. The molecule has 2 aromatic carbocycles. The number of aromatic nitrogens is 5. The molecule has 0 spiro atoms. The first-order valence-electron chi connectivity index (χ1n) is 10.7. The first-order chi connectivity index (χ1) is 17.2. The average molecular weight is 503 g/mol. The van der Waals surface area contributed by atoms with Crippen molar-refractivity contribution in [2.24, 2.45) is 0 Å². The van der Waals surface area contributed by atoms with Crippen molar-refractivity contribution in [2.75, 3.05) is 0 Å². The van der Waals surface area contributed by atoms with E-state index in [-0.39, 0.29) is 11.6 Å². The number of nitrogens with zero attached hydrogens (tertiary/aromatic N) is 5. The molecule has 5 aromatic rings. The highest BCUT2D eigenvalue weighted by atomic mass is 35.5. The maximum atomic E-state index is 12.4. The first kappa shape index (κ1) is 22.8. The largest absolute Gasteiger partial charge is 0.447 e. The lowest BCUT2D eigenvalue weighted by Gasteiger charge is -2.10. The highest BCUT2D eigenvalue weighted by Gasteiger charge is 2.19. The topological polar surface area (TPSA) is 98.7 Å². The van der Waals surface area contributed by atoms with Gasteiger partial charge in [0.25, 0.3) is 5.91 Å². The van der Waals surface area contributed by atoms with Crippen LogP contribution in [-0.2, 0) is 12.3 Å². The minimum atomic E-state index is -0.310. The van der Waals surface area contributed by atoms with Gasteiger partial charge in [-0.25, -0.2) is 4.98 Å². The Kier molecular flexibility index (Phi) is 6.87. The molecule has 35 heavy (non-hydrogen) atoms. The zero-order valence-corrected chi connectivity index (χ0v) is 19.9. The number of amides is 1. The van der Waals surface area contributed by atoms with Crippen LogP contribution in [0.3, 0.4) is 0 Å². The van der Waals surface area contributed by atoms with Gasteiger partial charge < -0.3 is 9.73 Å². The Morgan fingerprint density at radius 3 is 2.57 bits per heavy atom. The van der Waals surface area contributed by atoms with E-state index in [1.54, 1.807) is 12.4 Å². The Balaban J connectivity index is 1.33. The molecule has 0 saturated heterocycles. The zero-order valence-electron chi connectivity index (χ0n) is 18.3. The number of para-hydroxylation sites is 1. The third-order valence-electron chi connectivity index (χ3n) is 5.07. The number of pyridine rings is 1. The molecule has 3 heterocycles. The second kappa shape index (κ2) is 10.5. The van der Waals surface area contributed by atoms with Crippen LogP contribution in [0.2, 0.25) is 5.02 Å². The van der Waals surface area contributed by atoms with Gasteiger partial charge >= 0.3 is 0 Å². The SMILES string of the molecule is O=C(NCc1ccncc1)c1coc(CSc2nnc(-c3ccccc3Cl)n2-c2ccccc2)n1. The van der Waals surface area contributed by atoms with E-state index in [2.05, 4.69) is 25.5 Å². The predicted octanol–water partition coefficient (Wildman–Crippen LogP) is 5.19. The summed E-state index contributed by atoms with van der Waals surface area (Å²) in [5.74, 6) is 1.10. The summed E-state index contributed by atoms with van der Waals surface area (Å²) in [6.45, 7) is 0.378. The van der Waals surface area contributed by atoms with E-state index in [0.717, 1.165) is 16.8 Å². The van der Waals surface area contributed by atoms with E-state index in [4.69, 9.17) is 16.0 Å². The minimum absolute atomic E-state index is 0.218. The molecule has 174 valence electrons. The molecule has 0 unspecified atom stereocenters. The molecule has 0 radical (unpaired) electrons. The lowest BCUT2D eigenvalue weighted by atomic mass is 10.2. The van der Waals surface area contributed by atoms with E-state index >= 15 is 0 Å². The molecule has 1 amide bonds. The van der Waals surface area contributed by atoms with Crippen LogP contribution in [0.25, 0.3) is 17.1 Å². The van der Waals surface area contributed by atoms with Gasteiger partial charge in [0.1, 0.15) is 6.26 Å². The van der Waals surface area contributed by atoms with Crippen LogP contribution < -0.4 is 5.32 Å². The number of hydrogen-bond acceptors (Lipinski definition) is 7.